The highest BCUT2D eigenvalue weighted by atomic mass is 79.9. The lowest BCUT2D eigenvalue weighted by Crippen LogP contribution is -2.26. The first kappa shape index (κ1) is 14.8. The minimum Gasteiger partial charge on any atom is -0.356 e. The number of aromatic nitrogens is 1. The van der Waals surface area contributed by atoms with E-state index in [0.29, 0.717) is 5.41 Å². The first-order chi connectivity index (χ1) is 9.02. The normalized spacial score (nSPS) is 18.0. The average molecular weight is 326 g/mol. The minimum atomic E-state index is 0.406. The van der Waals surface area contributed by atoms with E-state index in [-0.39, 0.29) is 0 Å². The van der Waals surface area contributed by atoms with Gasteiger partial charge < -0.3 is 10.2 Å². The van der Waals surface area contributed by atoms with Crippen molar-refractivity contribution in [3.8, 4) is 0 Å². The molecular weight excluding hydrogens is 302 g/mol. The Labute approximate surface area is 124 Å². The first-order valence-corrected chi connectivity index (χ1v) is 7.91. The highest BCUT2D eigenvalue weighted by Crippen LogP contribution is 2.33. The van der Waals surface area contributed by atoms with Crippen molar-refractivity contribution in [2.45, 2.75) is 40.2 Å². The summed E-state index contributed by atoms with van der Waals surface area (Å²) in [5.74, 6) is 1.15. The van der Waals surface area contributed by atoms with Gasteiger partial charge in [0.1, 0.15) is 5.82 Å². The summed E-state index contributed by atoms with van der Waals surface area (Å²) in [6.07, 6.45) is 4.31. The molecule has 0 unspecified atom stereocenters. The monoisotopic (exact) mass is 325 g/mol. The Kier molecular flexibility index (Phi) is 4.85. The van der Waals surface area contributed by atoms with Crippen molar-refractivity contribution in [1.82, 2.24) is 10.3 Å². The predicted octanol–water partition coefficient (Wildman–Crippen LogP) is 3.58. The van der Waals surface area contributed by atoms with Crippen LogP contribution in [0.2, 0.25) is 0 Å². The molecule has 0 radical (unpaired) electrons. The molecule has 3 nitrogen and oxygen atoms in total. The summed E-state index contributed by atoms with van der Waals surface area (Å²) < 4.78 is 1.06. The van der Waals surface area contributed by atoms with Gasteiger partial charge in [-0.3, -0.25) is 0 Å². The second kappa shape index (κ2) is 6.23. The highest BCUT2D eigenvalue weighted by Gasteiger charge is 2.30. The lowest BCUT2D eigenvalue weighted by Gasteiger charge is -2.23. The lowest BCUT2D eigenvalue weighted by atomic mass is 9.93. The third-order valence-electron chi connectivity index (χ3n) is 3.63. The number of hydrogen-bond acceptors (Lipinski definition) is 3. The van der Waals surface area contributed by atoms with Crippen molar-refractivity contribution in [2.75, 3.05) is 24.5 Å². The topological polar surface area (TPSA) is 28.2 Å². The largest absolute Gasteiger partial charge is 0.356 e. The lowest BCUT2D eigenvalue weighted by molar-refractivity contribution is 0.418. The van der Waals surface area contributed by atoms with E-state index in [2.05, 4.69) is 58.0 Å². The maximum absolute atomic E-state index is 4.64. The van der Waals surface area contributed by atoms with Gasteiger partial charge in [-0.1, -0.05) is 20.8 Å². The van der Waals surface area contributed by atoms with Gasteiger partial charge >= 0.3 is 0 Å². The van der Waals surface area contributed by atoms with Crippen LogP contribution in [-0.2, 0) is 6.54 Å². The van der Waals surface area contributed by atoms with Crippen LogP contribution in [0.1, 0.15) is 39.2 Å². The van der Waals surface area contributed by atoms with Crippen LogP contribution >= 0.6 is 15.9 Å². The molecule has 0 amide bonds. The predicted molar refractivity (Wildman–Crippen MR) is 84.5 cm³/mol. The highest BCUT2D eigenvalue weighted by molar-refractivity contribution is 9.10. The van der Waals surface area contributed by atoms with E-state index in [4.69, 9.17) is 0 Å². The number of anilines is 1. The van der Waals surface area contributed by atoms with Gasteiger partial charge in [-0.05, 0) is 46.8 Å². The number of hydrogen-bond donors (Lipinski definition) is 1. The molecule has 1 N–H and O–H groups in total. The molecule has 1 aliphatic heterocycles. The molecule has 19 heavy (non-hydrogen) atoms. The third kappa shape index (κ3) is 3.93. The molecular formula is C15H24BrN3. The Morgan fingerprint density at radius 1 is 1.47 bits per heavy atom. The van der Waals surface area contributed by atoms with Crippen LogP contribution in [0.25, 0.3) is 0 Å². The summed E-state index contributed by atoms with van der Waals surface area (Å²) in [5, 5.41) is 3.48. The quantitative estimate of drug-likeness (QED) is 0.839. The summed E-state index contributed by atoms with van der Waals surface area (Å²) in [5.41, 5.74) is 1.70. The van der Waals surface area contributed by atoms with Crippen LogP contribution in [-0.4, -0.2) is 24.6 Å². The SMILES string of the molecule is CCCNCc1cc(Br)cnc1N1CCC(C)(C)C1. The molecule has 1 aliphatic rings. The molecule has 1 aromatic heterocycles. The van der Waals surface area contributed by atoms with Crippen molar-refractivity contribution < 1.29 is 0 Å². The molecule has 1 aromatic rings. The Bertz CT molecular complexity index is 431. The summed E-state index contributed by atoms with van der Waals surface area (Å²) >= 11 is 3.53. The number of halogens is 1. The van der Waals surface area contributed by atoms with Crippen molar-refractivity contribution >= 4 is 21.7 Å². The summed E-state index contributed by atoms with van der Waals surface area (Å²) in [6.45, 7) is 11.0. The van der Waals surface area contributed by atoms with E-state index in [0.717, 1.165) is 42.9 Å². The van der Waals surface area contributed by atoms with Crippen LogP contribution in [0.5, 0.6) is 0 Å². The maximum Gasteiger partial charge on any atom is 0.133 e. The number of pyridine rings is 1. The number of nitrogens with zero attached hydrogens (tertiary/aromatic N) is 2. The van der Waals surface area contributed by atoms with Gasteiger partial charge in [-0.15, -0.1) is 0 Å². The number of nitrogens with one attached hydrogen (secondary N) is 1. The Hall–Kier alpha value is -0.610. The van der Waals surface area contributed by atoms with E-state index >= 15 is 0 Å². The van der Waals surface area contributed by atoms with Gasteiger partial charge in [0.05, 0.1) is 0 Å². The average Bonchev–Trinajstić information content (AvgIpc) is 2.70. The van der Waals surface area contributed by atoms with E-state index in [9.17, 15) is 0 Å². The Morgan fingerprint density at radius 3 is 2.89 bits per heavy atom. The van der Waals surface area contributed by atoms with Gasteiger partial charge in [-0.2, -0.15) is 0 Å². The second-order valence-electron chi connectivity index (χ2n) is 6.15. The fourth-order valence-corrected chi connectivity index (χ4v) is 2.96. The van der Waals surface area contributed by atoms with Crippen molar-refractivity contribution in [3.63, 3.8) is 0 Å². The molecule has 0 atom stereocenters. The Morgan fingerprint density at radius 2 is 2.26 bits per heavy atom. The van der Waals surface area contributed by atoms with Crippen LogP contribution in [0.15, 0.2) is 16.7 Å². The smallest absolute Gasteiger partial charge is 0.133 e. The van der Waals surface area contributed by atoms with Crippen molar-refractivity contribution in [3.05, 3.63) is 22.3 Å². The molecule has 2 heterocycles. The molecule has 0 saturated carbocycles. The Balaban J connectivity index is 2.15. The van der Waals surface area contributed by atoms with Gasteiger partial charge in [0.25, 0.3) is 0 Å². The maximum atomic E-state index is 4.64. The summed E-state index contributed by atoms with van der Waals surface area (Å²) in [7, 11) is 0. The van der Waals surface area contributed by atoms with Crippen LogP contribution < -0.4 is 10.2 Å². The molecule has 2 rings (SSSR count). The summed E-state index contributed by atoms with van der Waals surface area (Å²) in [4.78, 5) is 7.07. The van der Waals surface area contributed by atoms with Gasteiger partial charge in [0, 0.05) is 35.9 Å². The molecule has 106 valence electrons. The second-order valence-corrected chi connectivity index (χ2v) is 7.06. The molecule has 0 spiro atoms. The third-order valence-corrected chi connectivity index (χ3v) is 4.06. The van der Waals surface area contributed by atoms with Crippen molar-refractivity contribution in [2.24, 2.45) is 5.41 Å². The summed E-state index contributed by atoms with van der Waals surface area (Å²) in [6, 6.07) is 2.19. The van der Waals surface area contributed by atoms with Crippen LogP contribution in [0.3, 0.4) is 0 Å². The van der Waals surface area contributed by atoms with Gasteiger partial charge in [0.15, 0.2) is 0 Å². The van der Waals surface area contributed by atoms with Crippen LogP contribution in [0.4, 0.5) is 5.82 Å². The van der Waals surface area contributed by atoms with E-state index in [1.807, 2.05) is 6.20 Å². The molecule has 0 bridgehead atoms. The first-order valence-electron chi connectivity index (χ1n) is 7.12. The fraction of sp³-hybridized carbons (Fsp3) is 0.667. The van der Waals surface area contributed by atoms with E-state index in [1.54, 1.807) is 0 Å². The fourth-order valence-electron chi connectivity index (χ4n) is 2.58. The minimum absolute atomic E-state index is 0.406. The van der Waals surface area contributed by atoms with Gasteiger partial charge in [-0.25, -0.2) is 4.98 Å². The van der Waals surface area contributed by atoms with E-state index in [1.165, 1.54) is 12.0 Å². The molecule has 0 aliphatic carbocycles. The van der Waals surface area contributed by atoms with Crippen molar-refractivity contribution in [1.29, 1.82) is 0 Å². The zero-order valence-corrected chi connectivity index (χ0v) is 13.8. The van der Waals surface area contributed by atoms with E-state index < -0.39 is 0 Å². The number of rotatable bonds is 5. The molecule has 1 fully saturated rings. The standard InChI is InChI=1S/C15H24BrN3/c1-4-6-17-9-12-8-13(16)10-18-14(12)19-7-5-15(2,3)11-19/h8,10,17H,4-7,9,11H2,1-3H3. The zero-order valence-electron chi connectivity index (χ0n) is 12.2. The van der Waals surface area contributed by atoms with Crippen LogP contribution in [0, 0.1) is 5.41 Å². The molecule has 1 saturated heterocycles. The zero-order chi connectivity index (χ0) is 13.9. The molecule has 0 aromatic carbocycles. The van der Waals surface area contributed by atoms with Gasteiger partial charge in [0.2, 0.25) is 0 Å². The molecule has 4 heteroatoms.